The van der Waals surface area contributed by atoms with Crippen molar-refractivity contribution in [3.63, 3.8) is 0 Å². The van der Waals surface area contributed by atoms with Gasteiger partial charge in [-0.3, -0.25) is 9.48 Å². The van der Waals surface area contributed by atoms with Gasteiger partial charge >= 0.3 is 5.97 Å². The molecule has 2 unspecified atom stereocenters. The summed E-state index contributed by atoms with van der Waals surface area (Å²) < 4.78 is 2.53. The van der Waals surface area contributed by atoms with Crippen molar-refractivity contribution in [1.29, 1.82) is 0 Å². The molecule has 0 saturated carbocycles. The van der Waals surface area contributed by atoms with E-state index < -0.39 is 12.0 Å². The molecular formula is C9H14BrN3O2. The standard InChI is InChI=1S/C9H14BrN3O2/c1-4-7(10)5(2)13(12-4)6(3)8(11)9(14)15/h6,8H,11H2,1-3H3,(H,14,15). The molecule has 0 spiro atoms. The van der Waals surface area contributed by atoms with Gasteiger partial charge in [0.2, 0.25) is 0 Å². The van der Waals surface area contributed by atoms with Crippen molar-refractivity contribution in [1.82, 2.24) is 9.78 Å². The number of nitrogens with zero attached hydrogens (tertiary/aromatic N) is 2. The van der Waals surface area contributed by atoms with E-state index in [4.69, 9.17) is 10.8 Å². The fourth-order valence-corrected chi connectivity index (χ4v) is 1.66. The van der Waals surface area contributed by atoms with E-state index in [1.165, 1.54) is 0 Å². The lowest BCUT2D eigenvalue weighted by Crippen LogP contribution is -2.38. The van der Waals surface area contributed by atoms with Crippen LogP contribution in [0.3, 0.4) is 0 Å². The highest BCUT2D eigenvalue weighted by atomic mass is 79.9. The maximum atomic E-state index is 10.7. The van der Waals surface area contributed by atoms with Gasteiger partial charge in [-0.15, -0.1) is 0 Å². The summed E-state index contributed by atoms with van der Waals surface area (Å²) in [6.07, 6.45) is 0. The maximum absolute atomic E-state index is 10.7. The molecule has 6 heteroatoms. The fraction of sp³-hybridized carbons (Fsp3) is 0.556. The number of hydrogen-bond donors (Lipinski definition) is 2. The molecule has 0 radical (unpaired) electrons. The highest BCUT2D eigenvalue weighted by molar-refractivity contribution is 9.10. The summed E-state index contributed by atoms with van der Waals surface area (Å²) in [7, 11) is 0. The molecule has 0 bridgehead atoms. The van der Waals surface area contributed by atoms with Crippen molar-refractivity contribution in [2.45, 2.75) is 32.9 Å². The van der Waals surface area contributed by atoms with Crippen molar-refractivity contribution in [3.05, 3.63) is 15.9 Å². The number of aliphatic carboxylic acids is 1. The van der Waals surface area contributed by atoms with Crippen molar-refractivity contribution in [2.24, 2.45) is 5.73 Å². The first-order chi connectivity index (χ1) is 6.86. The highest BCUT2D eigenvalue weighted by Gasteiger charge is 2.24. The second-order valence-corrected chi connectivity index (χ2v) is 4.33. The van der Waals surface area contributed by atoms with E-state index in [-0.39, 0.29) is 6.04 Å². The number of rotatable bonds is 3. The summed E-state index contributed by atoms with van der Waals surface area (Å²) in [5.41, 5.74) is 7.26. The Morgan fingerprint density at radius 2 is 2.13 bits per heavy atom. The van der Waals surface area contributed by atoms with Gasteiger partial charge in [-0.25, -0.2) is 0 Å². The molecular weight excluding hydrogens is 262 g/mol. The van der Waals surface area contributed by atoms with Gasteiger partial charge in [-0.1, -0.05) is 0 Å². The first-order valence-electron chi connectivity index (χ1n) is 4.55. The van der Waals surface area contributed by atoms with Crippen LogP contribution < -0.4 is 5.73 Å². The van der Waals surface area contributed by atoms with E-state index in [2.05, 4.69) is 21.0 Å². The molecule has 0 saturated heterocycles. The van der Waals surface area contributed by atoms with Gasteiger partial charge in [0, 0.05) is 0 Å². The molecule has 1 heterocycles. The normalized spacial score (nSPS) is 15.0. The third-order valence-corrected chi connectivity index (χ3v) is 3.57. The third-order valence-electron chi connectivity index (χ3n) is 2.43. The van der Waals surface area contributed by atoms with Gasteiger partial charge < -0.3 is 10.8 Å². The summed E-state index contributed by atoms with van der Waals surface area (Å²) in [5, 5.41) is 13.0. The number of carboxylic acid groups (broad SMARTS) is 1. The Morgan fingerprint density at radius 3 is 2.47 bits per heavy atom. The van der Waals surface area contributed by atoms with Crippen molar-refractivity contribution < 1.29 is 9.90 Å². The molecule has 0 aliphatic rings. The first kappa shape index (κ1) is 12.2. The Hall–Kier alpha value is -0.880. The van der Waals surface area contributed by atoms with Crippen molar-refractivity contribution in [2.75, 3.05) is 0 Å². The Labute approximate surface area is 96.4 Å². The second kappa shape index (κ2) is 4.32. The molecule has 1 aromatic rings. The number of carboxylic acids is 1. The number of hydrogen-bond acceptors (Lipinski definition) is 3. The molecule has 3 N–H and O–H groups in total. The number of halogens is 1. The van der Waals surface area contributed by atoms with Gasteiger partial charge in [0.25, 0.3) is 0 Å². The van der Waals surface area contributed by atoms with Gasteiger partial charge in [0.1, 0.15) is 6.04 Å². The molecule has 5 nitrogen and oxygen atoms in total. The van der Waals surface area contributed by atoms with Crippen LogP contribution in [-0.4, -0.2) is 26.9 Å². The third kappa shape index (κ3) is 2.21. The number of carbonyl (C=O) groups is 1. The Kier molecular flexibility index (Phi) is 3.51. The maximum Gasteiger partial charge on any atom is 0.322 e. The van der Waals surface area contributed by atoms with Crippen LogP contribution in [0.25, 0.3) is 0 Å². The molecule has 1 rings (SSSR count). The van der Waals surface area contributed by atoms with Crippen LogP contribution in [0.4, 0.5) is 0 Å². The van der Waals surface area contributed by atoms with Crippen LogP contribution in [-0.2, 0) is 4.79 Å². The predicted molar refractivity (Wildman–Crippen MR) is 59.7 cm³/mol. The minimum atomic E-state index is -1.02. The average molecular weight is 276 g/mol. The molecule has 0 amide bonds. The number of aryl methyl sites for hydroxylation is 1. The lowest BCUT2D eigenvalue weighted by atomic mass is 10.1. The van der Waals surface area contributed by atoms with E-state index in [9.17, 15) is 4.79 Å². The zero-order valence-electron chi connectivity index (χ0n) is 8.86. The molecule has 15 heavy (non-hydrogen) atoms. The predicted octanol–water partition coefficient (Wildman–Crippen LogP) is 1.24. The van der Waals surface area contributed by atoms with Gasteiger partial charge in [-0.05, 0) is 36.7 Å². The van der Waals surface area contributed by atoms with Crippen molar-refractivity contribution >= 4 is 21.9 Å². The molecule has 1 aromatic heterocycles. The SMILES string of the molecule is Cc1nn(C(C)C(N)C(=O)O)c(C)c1Br. The Bertz CT molecular complexity index is 389. The van der Waals surface area contributed by atoms with Crippen LogP contribution in [0, 0.1) is 13.8 Å². The summed E-state index contributed by atoms with van der Waals surface area (Å²) >= 11 is 3.38. The minimum Gasteiger partial charge on any atom is -0.480 e. The molecule has 0 aliphatic carbocycles. The van der Waals surface area contributed by atoms with Crippen LogP contribution in [0.1, 0.15) is 24.4 Å². The topological polar surface area (TPSA) is 81.1 Å². The van der Waals surface area contributed by atoms with E-state index in [1.807, 2.05) is 13.8 Å². The first-order valence-corrected chi connectivity index (χ1v) is 5.35. The lowest BCUT2D eigenvalue weighted by molar-refractivity contribution is -0.139. The van der Waals surface area contributed by atoms with E-state index in [0.717, 1.165) is 15.9 Å². The number of nitrogens with two attached hydrogens (primary N) is 1. The Balaban J connectivity index is 3.06. The van der Waals surface area contributed by atoms with Crippen LogP contribution in [0.2, 0.25) is 0 Å². The van der Waals surface area contributed by atoms with E-state index >= 15 is 0 Å². The molecule has 0 aliphatic heterocycles. The smallest absolute Gasteiger partial charge is 0.322 e. The largest absolute Gasteiger partial charge is 0.480 e. The minimum absolute atomic E-state index is 0.368. The summed E-state index contributed by atoms with van der Waals surface area (Å²) in [4.78, 5) is 10.7. The molecule has 0 fully saturated rings. The quantitative estimate of drug-likeness (QED) is 0.870. The summed E-state index contributed by atoms with van der Waals surface area (Å²) in [6, 6.07) is -1.32. The fourth-order valence-electron chi connectivity index (χ4n) is 1.40. The lowest BCUT2D eigenvalue weighted by Gasteiger charge is -2.18. The van der Waals surface area contributed by atoms with E-state index in [0.29, 0.717) is 0 Å². The zero-order chi connectivity index (χ0) is 11.7. The molecule has 2 atom stereocenters. The highest BCUT2D eigenvalue weighted by Crippen LogP contribution is 2.23. The Morgan fingerprint density at radius 1 is 1.60 bits per heavy atom. The monoisotopic (exact) mass is 275 g/mol. The zero-order valence-corrected chi connectivity index (χ0v) is 10.4. The second-order valence-electron chi connectivity index (χ2n) is 3.53. The number of aromatic nitrogens is 2. The molecule has 84 valence electrons. The van der Waals surface area contributed by atoms with Crippen LogP contribution in [0.5, 0.6) is 0 Å². The van der Waals surface area contributed by atoms with Crippen LogP contribution >= 0.6 is 15.9 Å². The van der Waals surface area contributed by atoms with Gasteiger partial charge in [0.05, 0.1) is 21.9 Å². The van der Waals surface area contributed by atoms with E-state index in [1.54, 1.807) is 11.6 Å². The summed E-state index contributed by atoms with van der Waals surface area (Å²) in [6.45, 7) is 5.46. The van der Waals surface area contributed by atoms with Gasteiger partial charge in [-0.2, -0.15) is 5.10 Å². The van der Waals surface area contributed by atoms with Gasteiger partial charge in [0.15, 0.2) is 0 Å². The van der Waals surface area contributed by atoms with Crippen molar-refractivity contribution in [3.8, 4) is 0 Å². The average Bonchev–Trinajstić information content (AvgIpc) is 2.43. The molecule has 0 aromatic carbocycles. The summed E-state index contributed by atoms with van der Waals surface area (Å²) in [5.74, 6) is -1.02. The van der Waals surface area contributed by atoms with Crippen LogP contribution in [0.15, 0.2) is 4.47 Å².